The number of benzene rings is 2. The monoisotopic (exact) mass is 390 g/mol. The highest BCUT2D eigenvalue weighted by atomic mass is 35.5. The fourth-order valence-corrected chi connectivity index (χ4v) is 3.00. The Hall–Kier alpha value is -2.71. The van der Waals surface area contributed by atoms with Crippen molar-refractivity contribution in [1.29, 1.82) is 0 Å². The lowest BCUT2D eigenvalue weighted by atomic mass is 10.2. The molecule has 0 fully saturated rings. The molecule has 132 valence electrons. The Morgan fingerprint density at radius 2 is 2.12 bits per heavy atom. The molecular weight excluding hydrogens is 379 g/mol. The van der Waals surface area contributed by atoms with E-state index in [4.69, 9.17) is 33.3 Å². The molecule has 0 amide bonds. The van der Waals surface area contributed by atoms with Gasteiger partial charge in [0.25, 0.3) is 0 Å². The van der Waals surface area contributed by atoms with E-state index in [-0.39, 0.29) is 10.6 Å². The molecule has 0 aliphatic carbocycles. The fourth-order valence-electron chi connectivity index (χ4n) is 2.54. The van der Waals surface area contributed by atoms with Gasteiger partial charge in [0, 0.05) is 5.56 Å². The van der Waals surface area contributed by atoms with Gasteiger partial charge in [-0.25, -0.2) is 9.49 Å². The number of hydrogen-bond acceptors (Lipinski definition) is 5. The predicted octanol–water partition coefficient (Wildman–Crippen LogP) is 4.05. The van der Waals surface area contributed by atoms with Crippen LogP contribution in [0.3, 0.4) is 0 Å². The van der Waals surface area contributed by atoms with E-state index >= 15 is 0 Å². The van der Waals surface area contributed by atoms with Crippen LogP contribution < -0.4 is 9.47 Å². The van der Waals surface area contributed by atoms with Gasteiger partial charge in [0.15, 0.2) is 17.3 Å². The first-order valence-electron chi connectivity index (χ1n) is 7.69. The van der Waals surface area contributed by atoms with E-state index in [2.05, 4.69) is 15.3 Å². The summed E-state index contributed by atoms with van der Waals surface area (Å²) in [6, 6.07) is 9.52. The first-order chi connectivity index (χ1) is 12.6. The molecular formula is C17H12ClFN4O2S. The van der Waals surface area contributed by atoms with E-state index in [9.17, 15) is 4.39 Å². The Morgan fingerprint density at radius 3 is 2.96 bits per heavy atom. The molecule has 0 unspecified atom stereocenters. The number of nitrogens with zero attached hydrogens (tertiary/aromatic N) is 3. The molecule has 1 aliphatic heterocycles. The number of hydrogen-bond donors (Lipinski definition) is 1. The van der Waals surface area contributed by atoms with Gasteiger partial charge in [-0.2, -0.15) is 14.9 Å². The number of nitrogens with one attached hydrogen (secondary N) is 1. The molecule has 26 heavy (non-hydrogen) atoms. The van der Waals surface area contributed by atoms with Gasteiger partial charge >= 0.3 is 0 Å². The van der Waals surface area contributed by atoms with Gasteiger partial charge in [-0.15, -0.1) is 0 Å². The van der Waals surface area contributed by atoms with Crippen molar-refractivity contribution in [3.8, 4) is 22.9 Å². The van der Waals surface area contributed by atoms with Crippen molar-refractivity contribution in [3.05, 3.63) is 57.6 Å². The number of ether oxygens (including phenoxy) is 2. The number of fused-ring (bicyclic) bond motifs is 1. The Kier molecular flexibility index (Phi) is 4.44. The summed E-state index contributed by atoms with van der Waals surface area (Å²) in [6.45, 7) is 0.918. The normalized spacial score (nSPS) is 13.3. The van der Waals surface area contributed by atoms with Crippen LogP contribution >= 0.6 is 23.8 Å². The van der Waals surface area contributed by atoms with Crippen molar-refractivity contribution in [2.24, 2.45) is 5.10 Å². The number of rotatable bonds is 3. The molecule has 1 aromatic heterocycles. The molecule has 2 aromatic carbocycles. The van der Waals surface area contributed by atoms with Crippen molar-refractivity contribution in [2.75, 3.05) is 13.2 Å². The molecule has 0 bridgehead atoms. The molecule has 0 atom stereocenters. The van der Waals surface area contributed by atoms with Crippen molar-refractivity contribution in [3.63, 3.8) is 0 Å². The average molecular weight is 391 g/mol. The molecule has 1 N–H and O–H groups in total. The third kappa shape index (κ3) is 3.21. The van der Waals surface area contributed by atoms with Crippen LogP contribution in [-0.4, -0.2) is 34.3 Å². The molecule has 0 radical (unpaired) electrons. The van der Waals surface area contributed by atoms with Gasteiger partial charge in [-0.3, -0.25) is 0 Å². The molecule has 0 saturated heterocycles. The lowest BCUT2D eigenvalue weighted by molar-refractivity contribution is 0.171. The molecule has 3 aromatic rings. The second-order valence-corrected chi connectivity index (χ2v) is 6.24. The Labute approximate surface area is 157 Å². The Bertz CT molecular complexity index is 1060. The smallest absolute Gasteiger partial charge is 0.216 e. The zero-order valence-electron chi connectivity index (χ0n) is 13.3. The molecule has 9 heteroatoms. The zero-order chi connectivity index (χ0) is 18.1. The SMILES string of the molecule is Fc1cccc(-c2n[nH]c(=S)n2/N=C\c2cc(Cl)c3c(c2)OCCO3)c1. The van der Waals surface area contributed by atoms with Crippen LogP contribution in [0.2, 0.25) is 5.02 Å². The van der Waals surface area contributed by atoms with Crippen LogP contribution in [0.25, 0.3) is 11.4 Å². The van der Waals surface area contributed by atoms with Gasteiger partial charge in [0.2, 0.25) is 4.77 Å². The average Bonchev–Trinajstić information content (AvgIpc) is 3.01. The topological polar surface area (TPSA) is 64.4 Å². The second-order valence-electron chi connectivity index (χ2n) is 5.45. The minimum atomic E-state index is -0.370. The van der Waals surface area contributed by atoms with E-state index in [0.717, 1.165) is 0 Å². The van der Waals surface area contributed by atoms with E-state index in [1.54, 1.807) is 30.5 Å². The highest BCUT2D eigenvalue weighted by Gasteiger charge is 2.16. The maximum atomic E-state index is 13.5. The van der Waals surface area contributed by atoms with Crippen LogP contribution in [0, 0.1) is 10.6 Å². The highest BCUT2D eigenvalue weighted by Crippen LogP contribution is 2.37. The standard InChI is InChI=1S/C17H12ClFN4O2S/c18-13-6-10(7-14-15(13)25-5-4-24-14)9-20-23-16(21-22-17(23)26)11-2-1-3-12(19)8-11/h1-3,6-9H,4-5H2,(H,22,26)/b20-9-. The summed E-state index contributed by atoms with van der Waals surface area (Å²) in [4.78, 5) is 0. The van der Waals surface area contributed by atoms with Crippen molar-refractivity contribution < 1.29 is 13.9 Å². The van der Waals surface area contributed by atoms with E-state index in [1.807, 2.05) is 0 Å². The summed E-state index contributed by atoms with van der Waals surface area (Å²) in [5.41, 5.74) is 1.25. The first kappa shape index (κ1) is 16.7. The van der Waals surface area contributed by atoms with Gasteiger partial charge in [-0.05, 0) is 42.0 Å². The highest BCUT2D eigenvalue weighted by molar-refractivity contribution is 7.71. The number of aromatic amines is 1. The van der Waals surface area contributed by atoms with Crippen LogP contribution in [0.1, 0.15) is 5.56 Å². The van der Waals surface area contributed by atoms with Crippen molar-refractivity contribution in [1.82, 2.24) is 14.9 Å². The third-order valence-corrected chi connectivity index (χ3v) is 4.22. The summed E-state index contributed by atoms with van der Waals surface area (Å²) >= 11 is 11.4. The van der Waals surface area contributed by atoms with E-state index in [1.165, 1.54) is 16.8 Å². The number of aromatic nitrogens is 3. The lowest BCUT2D eigenvalue weighted by Gasteiger charge is -2.19. The van der Waals surface area contributed by atoms with Crippen LogP contribution in [-0.2, 0) is 0 Å². The minimum absolute atomic E-state index is 0.282. The van der Waals surface area contributed by atoms with Gasteiger partial charge in [0.1, 0.15) is 19.0 Å². The van der Waals surface area contributed by atoms with Crippen molar-refractivity contribution in [2.45, 2.75) is 0 Å². The molecule has 6 nitrogen and oxygen atoms in total. The van der Waals surface area contributed by atoms with E-state index < -0.39 is 0 Å². The van der Waals surface area contributed by atoms with Crippen LogP contribution in [0.5, 0.6) is 11.5 Å². The molecule has 2 heterocycles. The van der Waals surface area contributed by atoms with Crippen LogP contribution in [0.15, 0.2) is 41.5 Å². The number of H-pyrrole nitrogens is 1. The summed E-state index contributed by atoms with van der Waals surface area (Å²) < 4.78 is 26.2. The Morgan fingerprint density at radius 1 is 1.27 bits per heavy atom. The molecule has 4 rings (SSSR count). The fraction of sp³-hybridized carbons (Fsp3) is 0.118. The first-order valence-corrected chi connectivity index (χ1v) is 8.47. The zero-order valence-corrected chi connectivity index (χ0v) is 14.9. The summed E-state index contributed by atoms with van der Waals surface area (Å²) in [5.74, 6) is 1.11. The molecule has 1 aliphatic rings. The summed E-state index contributed by atoms with van der Waals surface area (Å²) in [7, 11) is 0. The summed E-state index contributed by atoms with van der Waals surface area (Å²) in [5, 5.41) is 11.6. The third-order valence-electron chi connectivity index (χ3n) is 3.67. The second kappa shape index (κ2) is 6.89. The maximum absolute atomic E-state index is 13.5. The predicted molar refractivity (Wildman–Crippen MR) is 98.2 cm³/mol. The molecule has 0 spiro atoms. The number of halogens is 2. The summed E-state index contributed by atoms with van der Waals surface area (Å²) in [6.07, 6.45) is 1.57. The molecule has 0 saturated carbocycles. The quantitative estimate of drug-likeness (QED) is 0.541. The lowest BCUT2D eigenvalue weighted by Crippen LogP contribution is -2.15. The maximum Gasteiger partial charge on any atom is 0.216 e. The van der Waals surface area contributed by atoms with E-state index in [0.29, 0.717) is 46.7 Å². The Balaban J connectivity index is 1.71. The van der Waals surface area contributed by atoms with Gasteiger partial charge < -0.3 is 9.47 Å². The van der Waals surface area contributed by atoms with Crippen molar-refractivity contribution >= 4 is 30.0 Å². The van der Waals surface area contributed by atoms with Gasteiger partial charge in [0.05, 0.1) is 11.2 Å². The van der Waals surface area contributed by atoms with Gasteiger partial charge in [-0.1, -0.05) is 23.7 Å². The largest absolute Gasteiger partial charge is 0.486 e. The van der Waals surface area contributed by atoms with Crippen LogP contribution in [0.4, 0.5) is 4.39 Å². The minimum Gasteiger partial charge on any atom is -0.486 e.